The molecule has 11 heteroatoms. The molecule has 2 N–H and O–H groups in total. The summed E-state index contributed by atoms with van der Waals surface area (Å²) in [7, 11) is -3.56. The number of halogens is 1. The summed E-state index contributed by atoms with van der Waals surface area (Å²) in [5.41, 5.74) is 8.27. The van der Waals surface area contributed by atoms with Gasteiger partial charge in [0.05, 0.1) is 18.0 Å². The van der Waals surface area contributed by atoms with E-state index >= 15 is 0 Å². The molecular formula is C23H30FN5O4S. The molecule has 1 aliphatic heterocycles. The van der Waals surface area contributed by atoms with Gasteiger partial charge >= 0.3 is 10.2 Å². The fourth-order valence-electron chi connectivity index (χ4n) is 4.26. The lowest BCUT2D eigenvalue weighted by molar-refractivity contribution is 0.158. The number of fused-ring (bicyclic) bond motifs is 1. The predicted octanol–water partition coefficient (Wildman–Crippen LogP) is 3.11. The first-order chi connectivity index (χ1) is 16.4. The molecular weight excluding hydrogens is 461 g/mol. The van der Waals surface area contributed by atoms with Crippen LogP contribution in [0, 0.1) is 5.82 Å². The molecule has 4 rings (SSSR count). The summed E-state index contributed by atoms with van der Waals surface area (Å²) in [5, 5.41) is 4.02. The minimum absolute atomic E-state index is 0.286. The highest BCUT2D eigenvalue weighted by molar-refractivity contribution is 7.90. The molecule has 9 nitrogen and oxygen atoms in total. The Hall–Kier alpha value is -2.92. The van der Waals surface area contributed by atoms with Crippen LogP contribution in [-0.4, -0.2) is 56.3 Å². The van der Waals surface area contributed by atoms with Crippen molar-refractivity contribution in [3.05, 3.63) is 47.4 Å². The van der Waals surface area contributed by atoms with Crippen LogP contribution in [0.25, 0.3) is 0 Å². The van der Waals surface area contributed by atoms with E-state index in [1.807, 2.05) is 13.0 Å². The second-order valence-corrected chi connectivity index (χ2v) is 10.1. The van der Waals surface area contributed by atoms with E-state index in [1.54, 1.807) is 12.1 Å². The zero-order chi connectivity index (χ0) is 24.1. The van der Waals surface area contributed by atoms with E-state index in [0.717, 1.165) is 18.4 Å². The number of unbranched alkanes of at least 4 members (excludes halogenated alkanes) is 2. The van der Waals surface area contributed by atoms with Gasteiger partial charge in [0.1, 0.15) is 24.0 Å². The first-order valence-electron chi connectivity index (χ1n) is 11.5. The number of ether oxygens (including phenoxy) is 1. The lowest BCUT2D eigenvalue weighted by Crippen LogP contribution is -2.33. The van der Waals surface area contributed by atoms with Gasteiger partial charge in [0, 0.05) is 43.5 Å². The number of oxime groups is 1. The molecule has 1 aliphatic carbocycles. The monoisotopic (exact) mass is 491 g/mol. The number of hydrogen-bond acceptors (Lipinski definition) is 7. The van der Waals surface area contributed by atoms with Crippen LogP contribution < -0.4 is 14.8 Å². The third kappa shape index (κ3) is 5.25. The minimum atomic E-state index is -3.56. The van der Waals surface area contributed by atoms with Crippen LogP contribution >= 0.6 is 0 Å². The van der Waals surface area contributed by atoms with Gasteiger partial charge in [-0.15, -0.1) is 0 Å². The van der Waals surface area contributed by atoms with E-state index in [4.69, 9.17) is 15.3 Å². The van der Waals surface area contributed by atoms with Gasteiger partial charge in [-0.1, -0.05) is 5.16 Å². The molecule has 0 spiro atoms. The summed E-state index contributed by atoms with van der Waals surface area (Å²) in [6.45, 7) is 3.98. The first-order valence-corrected chi connectivity index (χ1v) is 12.9. The second kappa shape index (κ2) is 10.6. The Balaban J connectivity index is 1.22. The highest BCUT2D eigenvalue weighted by atomic mass is 32.2. The Labute approximate surface area is 199 Å². The molecule has 1 saturated heterocycles. The van der Waals surface area contributed by atoms with Crippen molar-refractivity contribution in [3.63, 3.8) is 0 Å². The summed E-state index contributed by atoms with van der Waals surface area (Å²) in [6, 6.07) is 6.46. The Kier molecular flexibility index (Phi) is 7.52. The van der Waals surface area contributed by atoms with Crippen LogP contribution in [-0.2, 0) is 21.5 Å². The number of aryl methyl sites for hydroxylation is 1. The maximum absolute atomic E-state index is 14.6. The van der Waals surface area contributed by atoms with Gasteiger partial charge in [0.15, 0.2) is 0 Å². The number of rotatable bonds is 10. The van der Waals surface area contributed by atoms with Gasteiger partial charge < -0.3 is 15.3 Å². The number of pyridine rings is 1. The van der Waals surface area contributed by atoms with Crippen molar-refractivity contribution in [2.45, 2.75) is 39.0 Å². The Bertz CT molecular complexity index is 1160. The van der Waals surface area contributed by atoms with Gasteiger partial charge in [0.25, 0.3) is 0 Å². The smallest absolute Gasteiger partial charge is 0.304 e. The molecule has 1 aromatic carbocycles. The van der Waals surface area contributed by atoms with Crippen LogP contribution in [0.4, 0.5) is 15.9 Å². The van der Waals surface area contributed by atoms with E-state index < -0.39 is 10.2 Å². The van der Waals surface area contributed by atoms with Crippen LogP contribution in [0.3, 0.4) is 0 Å². The van der Waals surface area contributed by atoms with E-state index in [1.165, 1.54) is 20.9 Å². The fourth-order valence-corrected chi connectivity index (χ4v) is 5.91. The quantitative estimate of drug-likeness (QED) is 0.404. The number of hydrogen-bond donors (Lipinski definition) is 1. The maximum Gasteiger partial charge on any atom is 0.304 e. The molecule has 184 valence electrons. The van der Waals surface area contributed by atoms with Crippen molar-refractivity contribution < 1.29 is 22.4 Å². The molecule has 2 aromatic rings. The highest BCUT2D eigenvalue weighted by Gasteiger charge is 2.36. The summed E-state index contributed by atoms with van der Waals surface area (Å²) >= 11 is 0. The van der Waals surface area contributed by atoms with Crippen molar-refractivity contribution in [1.82, 2.24) is 9.29 Å². The van der Waals surface area contributed by atoms with Crippen molar-refractivity contribution in [2.24, 2.45) is 5.16 Å². The molecule has 2 aliphatic rings. The van der Waals surface area contributed by atoms with E-state index in [2.05, 4.69) is 10.1 Å². The second-order valence-electron chi connectivity index (χ2n) is 8.22. The number of nitrogens with two attached hydrogens (primary N) is 1. The zero-order valence-electron chi connectivity index (χ0n) is 19.2. The summed E-state index contributed by atoms with van der Waals surface area (Å²) in [5.74, 6) is 0.444. The maximum atomic E-state index is 14.6. The SMILES string of the molecule is CCO/N=C1\CCc2cc(OCCCCCN3CCN(c4ccnc(N)c4)S3(=O)=O)cc(F)c21. The molecule has 0 radical (unpaired) electrons. The van der Waals surface area contributed by atoms with Gasteiger partial charge in [-0.05, 0) is 56.7 Å². The van der Waals surface area contributed by atoms with Crippen LogP contribution in [0.2, 0.25) is 0 Å². The number of nitrogens with zero attached hydrogens (tertiary/aromatic N) is 4. The van der Waals surface area contributed by atoms with E-state index in [0.29, 0.717) is 74.8 Å². The van der Waals surface area contributed by atoms with Crippen molar-refractivity contribution in [1.29, 1.82) is 0 Å². The molecule has 0 atom stereocenters. The number of aromatic nitrogens is 1. The normalized spacial score (nSPS) is 18.4. The van der Waals surface area contributed by atoms with E-state index in [-0.39, 0.29) is 11.6 Å². The van der Waals surface area contributed by atoms with Crippen LogP contribution in [0.15, 0.2) is 35.6 Å². The van der Waals surface area contributed by atoms with E-state index in [9.17, 15) is 12.8 Å². The fraction of sp³-hybridized carbons (Fsp3) is 0.478. The van der Waals surface area contributed by atoms with Crippen LogP contribution in [0.1, 0.15) is 43.7 Å². The lowest BCUT2D eigenvalue weighted by atomic mass is 10.1. The summed E-state index contributed by atoms with van der Waals surface area (Å²) in [6.07, 6.45) is 5.12. The van der Waals surface area contributed by atoms with Gasteiger partial charge in [-0.25, -0.2) is 9.37 Å². The van der Waals surface area contributed by atoms with Gasteiger partial charge in [-0.3, -0.25) is 4.31 Å². The molecule has 0 unspecified atom stereocenters. The standard InChI is InChI=1S/C23H30FN5O4S/c1-2-33-27-21-7-6-17-14-19(16-20(24)23(17)21)32-13-5-3-4-10-28-11-12-29(34(28,30)31)18-8-9-26-22(25)15-18/h8-9,14-16H,2-7,10-13H2,1H3,(H2,25,26)/b27-21+. The lowest BCUT2D eigenvalue weighted by Gasteiger charge is -2.20. The third-order valence-electron chi connectivity index (χ3n) is 5.90. The number of nitrogen functional groups attached to an aromatic ring is 1. The van der Waals surface area contributed by atoms with Gasteiger partial charge in [-0.2, -0.15) is 12.7 Å². The third-order valence-corrected chi connectivity index (χ3v) is 7.87. The molecule has 1 aromatic heterocycles. The molecule has 0 bridgehead atoms. The molecule has 1 fully saturated rings. The summed E-state index contributed by atoms with van der Waals surface area (Å²) < 4.78 is 48.9. The molecule has 0 amide bonds. The van der Waals surface area contributed by atoms with Gasteiger partial charge in [0.2, 0.25) is 0 Å². The predicted molar refractivity (Wildman–Crippen MR) is 129 cm³/mol. The zero-order valence-corrected chi connectivity index (χ0v) is 20.1. The summed E-state index contributed by atoms with van der Waals surface area (Å²) in [4.78, 5) is 9.00. The van der Waals surface area contributed by atoms with Crippen molar-refractivity contribution >= 4 is 27.4 Å². The average Bonchev–Trinajstić information content (AvgIpc) is 3.34. The average molecular weight is 492 g/mol. The van der Waals surface area contributed by atoms with Crippen LogP contribution in [0.5, 0.6) is 5.75 Å². The largest absolute Gasteiger partial charge is 0.493 e. The van der Waals surface area contributed by atoms with Crippen molar-refractivity contribution in [2.75, 3.05) is 42.9 Å². The minimum Gasteiger partial charge on any atom is -0.493 e. The molecule has 34 heavy (non-hydrogen) atoms. The number of benzene rings is 1. The molecule has 2 heterocycles. The Morgan fingerprint density at radius 1 is 1.18 bits per heavy atom. The Morgan fingerprint density at radius 3 is 2.82 bits per heavy atom. The highest BCUT2D eigenvalue weighted by Crippen LogP contribution is 2.30. The molecule has 0 saturated carbocycles. The topological polar surface area (TPSA) is 110 Å². The Morgan fingerprint density at radius 2 is 2.03 bits per heavy atom. The number of anilines is 2. The van der Waals surface area contributed by atoms with Crippen molar-refractivity contribution in [3.8, 4) is 5.75 Å². The first kappa shape index (κ1) is 24.2.